The second kappa shape index (κ2) is 15.8. The van der Waals surface area contributed by atoms with E-state index in [0.717, 1.165) is 0 Å². The van der Waals surface area contributed by atoms with Crippen LogP contribution in [0.2, 0.25) is 0 Å². The number of Topliss-reactive ketones (excluding diaryl/α,β-unsaturated/α-hetero) is 1. The first-order valence-corrected chi connectivity index (χ1v) is 8.76. The van der Waals surface area contributed by atoms with Crippen molar-refractivity contribution in [2.45, 2.75) is 13.3 Å². The molecule has 0 aliphatic carbocycles. The van der Waals surface area contributed by atoms with E-state index in [2.05, 4.69) is 0 Å². The molecule has 3 N–H and O–H groups in total. The molecule has 0 spiro atoms. The summed E-state index contributed by atoms with van der Waals surface area (Å²) in [5.41, 5.74) is -1.29. The molecule has 0 atom stereocenters. The second-order valence-electron chi connectivity index (χ2n) is 6.12. The van der Waals surface area contributed by atoms with Gasteiger partial charge in [0.15, 0.2) is 5.78 Å². The van der Waals surface area contributed by atoms with E-state index in [-0.39, 0.29) is 39.5 Å². The third-order valence-electron chi connectivity index (χ3n) is 3.31. The molecule has 0 aromatic carbocycles. The molecule has 0 fully saturated rings. The number of carboxylic acid groups (broad SMARTS) is 3. The predicted molar refractivity (Wildman–Crippen MR) is 94.7 cm³/mol. The number of ether oxygens (including phenoxy) is 5. The fraction of sp³-hybridized carbons (Fsp3) is 0.765. The Bertz CT molecular complexity index is 468. The Morgan fingerprint density at radius 2 is 1.07 bits per heavy atom. The van der Waals surface area contributed by atoms with Crippen LogP contribution in [0.15, 0.2) is 0 Å². The average molecular weight is 424 g/mol. The molecule has 29 heavy (non-hydrogen) atoms. The fourth-order valence-electron chi connectivity index (χ4n) is 2.26. The number of aliphatic carboxylic acids is 3. The lowest BCUT2D eigenvalue weighted by Crippen LogP contribution is -2.41. The van der Waals surface area contributed by atoms with Crippen LogP contribution in [0.25, 0.3) is 0 Å². The maximum Gasteiger partial charge on any atom is 0.329 e. The van der Waals surface area contributed by atoms with Gasteiger partial charge in [-0.1, -0.05) is 0 Å². The van der Waals surface area contributed by atoms with Gasteiger partial charge in [0.1, 0.15) is 26.4 Å². The Balaban J connectivity index is 5.04. The number of carboxylic acids is 3. The van der Waals surface area contributed by atoms with Crippen molar-refractivity contribution in [2.75, 3.05) is 66.1 Å². The molecule has 0 aliphatic heterocycles. The zero-order valence-electron chi connectivity index (χ0n) is 16.3. The highest BCUT2D eigenvalue weighted by Crippen LogP contribution is 2.25. The summed E-state index contributed by atoms with van der Waals surface area (Å²) in [6, 6.07) is 0. The molecule has 168 valence electrons. The topological polar surface area (TPSA) is 175 Å². The first-order chi connectivity index (χ1) is 13.7. The van der Waals surface area contributed by atoms with Crippen LogP contribution in [0.3, 0.4) is 0 Å². The van der Waals surface area contributed by atoms with Crippen molar-refractivity contribution in [3.05, 3.63) is 0 Å². The van der Waals surface area contributed by atoms with E-state index in [1.165, 1.54) is 0 Å². The van der Waals surface area contributed by atoms with Crippen molar-refractivity contribution in [3.8, 4) is 0 Å². The van der Waals surface area contributed by atoms with Crippen LogP contribution < -0.4 is 0 Å². The van der Waals surface area contributed by atoms with Gasteiger partial charge in [0.05, 0.1) is 33.0 Å². The second-order valence-corrected chi connectivity index (χ2v) is 6.12. The average Bonchev–Trinajstić information content (AvgIpc) is 2.60. The Morgan fingerprint density at radius 1 is 0.655 bits per heavy atom. The molecule has 0 saturated carbocycles. The van der Waals surface area contributed by atoms with Gasteiger partial charge in [0.25, 0.3) is 0 Å². The maximum atomic E-state index is 12.3. The van der Waals surface area contributed by atoms with Crippen molar-refractivity contribution in [1.29, 1.82) is 0 Å². The van der Waals surface area contributed by atoms with Crippen molar-refractivity contribution >= 4 is 23.7 Å². The molecule has 0 saturated heterocycles. The highest BCUT2D eigenvalue weighted by Gasteiger charge is 2.35. The third kappa shape index (κ3) is 15.5. The van der Waals surface area contributed by atoms with Gasteiger partial charge in [-0.15, -0.1) is 0 Å². The molecule has 0 aromatic rings. The highest BCUT2D eigenvalue weighted by molar-refractivity contribution is 5.80. The van der Waals surface area contributed by atoms with Gasteiger partial charge in [-0.25, -0.2) is 14.4 Å². The SMILES string of the molecule is CCOCCOCC(=O)CC(COCC(=O)O)(COCC(=O)O)COCC(=O)O. The summed E-state index contributed by atoms with van der Waals surface area (Å²) in [7, 11) is 0. The fourth-order valence-corrected chi connectivity index (χ4v) is 2.26. The van der Waals surface area contributed by atoms with Crippen LogP contribution in [-0.4, -0.2) is 105 Å². The molecular formula is C17H28O12. The Hall–Kier alpha value is -2.12. The van der Waals surface area contributed by atoms with Crippen molar-refractivity contribution in [1.82, 2.24) is 0 Å². The molecule has 0 bridgehead atoms. The van der Waals surface area contributed by atoms with E-state index in [0.29, 0.717) is 13.2 Å². The minimum absolute atomic E-state index is 0.188. The summed E-state index contributed by atoms with van der Waals surface area (Å²) < 4.78 is 25.5. The lowest BCUT2D eigenvalue weighted by molar-refractivity contribution is -0.152. The quantitative estimate of drug-likeness (QED) is 0.210. The molecular weight excluding hydrogens is 396 g/mol. The molecule has 0 heterocycles. The molecule has 0 amide bonds. The Kier molecular flexibility index (Phi) is 14.6. The largest absolute Gasteiger partial charge is 0.480 e. The number of hydrogen-bond donors (Lipinski definition) is 3. The normalized spacial score (nSPS) is 11.3. The lowest BCUT2D eigenvalue weighted by atomic mass is 9.85. The predicted octanol–water partition coefficient (Wildman–Crippen LogP) is -0.711. The van der Waals surface area contributed by atoms with Gasteiger partial charge >= 0.3 is 17.9 Å². The summed E-state index contributed by atoms with van der Waals surface area (Å²) in [5, 5.41) is 26.2. The first-order valence-electron chi connectivity index (χ1n) is 8.76. The van der Waals surface area contributed by atoms with E-state index in [4.69, 9.17) is 39.0 Å². The van der Waals surface area contributed by atoms with Gasteiger partial charge in [-0.3, -0.25) is 4.79 Å². The smallest absolute Gasteiger partial charge is 0.329 e. The maximum absolute atomic E-state index is 12.3. The molecule has 0 aromatic heterocycles. The minimum Gasteiger partial charge on any atom is -0.480 e. The van der Waals surface area contributed by atoms with Crippen molar-refractivity contribution in [2.24, 2.45) is 5.41 Å². The van der Waals surface area contributed by atoms with Crippen LogP contribution in [0.5, 0.6) is 0 Å². The third-order valence-corrected chi connectivity index (χ3v) is 3.31. The number of ketones is 1. The zero-order valence-corrected chi connectivity index (χ0v) is 16.3. The van der Waals surface area contributed by atoms with Crippen LogP contribution in [0.4, 0.5) is 0 Å². The molecule has 0 rings (SSSR count). The molecule has 12 heteroatoms. The van der Waals surface area contributed by atoms with E-state index in [1.807, 2.05) is 6.92 Å². The molecule has 0 unspecified atom stereocenters. The van der Waals surface area contributed by atoms with E-state index < -0.39 is 48.9 Å². The molecule has 0 aliphatic rings. The zero-order chi connectivity index (χ0) is 22.1. The Labute approximate surface area is 167 Å². The van der Waals surface area contributed by atoms with Crippen molar-refractivity contribution in [3.63, 3.8) is 0 Å². The van der Waals surface area contributed by atoms with Crippen LogP contribution >= 0.6 is 0 Å². The van der Waals surface area contributed by atoms with Gasteiger partial charge in [0.2, 0.25) is 0 Å². The number of hydrogen-bond acceptors (Lipinski definition) is 9. The summed E-state index contributed by atoms with van der Waals surface area (Å²) in [4.78, 5) is 44.4. The highest BCUT2D eigenvalue weighted by atomic mass is 16.5. The first kappa shape index (κ1) is 26.9. The summed E-state index contributed by atoms with van der Waals surface area (Å²) in [6.07, 6.45) is -0.263. The van der Waals surface area contributed by atoms with E-state index in [1.54, 1.807) is 0 Å². The van der Waals surface area contributed by atoms with Gasteiger partial charge < -0.3 is 39.0 Å². The minimum atomic E-state index is -1.29. The van der Waals surface area contributed by atoms with Crippen LogP contribution in [0, 0.1) is 5.41 Å². The van der Waals surface area contributed by atoms with E-state index in [9.17, 15) is 19.2 Å². The van der Waals surface area contributed by atoms with E-state index >= 15 is 0 Å². The van der Waals surface area contributed by atoms with Crippen LogP contribution in [0.1, 0.15) is 13.3 Å². The number of rotatable bonds is 20. The summed E-state index contributed by atoms with van der Waals surface area (Å²) in [6.45, 7) is -0.460. The van der Waals surface area contributed by atoms with Crippen LogP contribution in [-0.2, 0) is 42.9 Å². The summed E-state index contributed by atoms with van der Waals surface area (Å²) >= 11 is 0. The number of carbonyl (C=O) groups is 4. The summed E-state index contributed by atoms with van der Waals surface area (Å²) in [5.74, 6) is -4.15. The van der Waals surface area contributed by atoms with Gasteiger partial charge in [-0.05, 0) is 6.92 Å². The Morgan fingerprint density at radius 3 is 1.45 bits per heavy atom. The van der Waals surface area contributed by atoms with Gasteiger partial charge in [0, 0.05) is 18.4 Å². The molecule has 0 radical (unpaired) electrons. The van der Waals surface area contributed by atoms with Crippen molar-refractivity contribution < 1.29 is 58.2 Å². The van der Waals surface area contributed by atoms with Gasteiger partial charge in [-0.2, -0.15) is 0 Å². The molecule has 12 nitrogen and oxygen atoms in total. The standard InChI is InChI=1S/C17H28O12/c1-2-25-3-4-26-6-13(18)5-17(10-27-7-14(19)20,11-28-8-15(21)22)12-29-9-16(23)24/h2-12H2,1H3,(H,19,20)(H,21,22)(H,23,24). The monoisotopic (exact) mass is 424 g/mol. The number of carbonyl (C=O) groups excluding carboxylic acids is 1. The lowest BCUT2D eigenvalue weighted by Gasteiger charge is -2.32.